The molecule has 1 heterocycles. The number of hydrogen-bond donors (Lipinski definition) is 1. The number of nitrogens with one attached hydrogen (secondary N) is 1. The van der Waals surface area contributed by atoms with Crippen molar-refractivity contribution in [2.45, 2.75) is 39.5 Å². The van der Waals surface area contributed by atoms with Gasteiger partial charge in [-0.15, -0.1) is 10.2 Å². The normalized spacial score (nSPS) is 10.7. The van der Waals surface area contributed by atoms with Gasteiger partial charge in [-0.3, -0.25) is 0 Å². The van der Waals surface area contributed by atoms with Crippen LogP contribution in [0.5, 0.6) is 0 Å². The maximum Gasteiger partial charge on any atom is 0.216 e. The Morgan fingerprint density at radius 1 is 1.14 bits per heavy atom. The fourth-order valence-corrected chi connectivity index (χ4v) is 1.20. The second-order valence-corrected chi connectivity index (χ2v) is 3.30. The van der Waals surface area contributed by atoms with E-state index in [2.05, 4.69) is 22.4 Å². The Balaban J connectivity index is 2.12. The fourth-order valence-electron chi connectivity index (χ4n) is 1.20. The first kappa shape index (κ1) is 11.2. The minimum Gasteiger partial charge on any atom is -0.425 e. The van der Waals surface area contributed by atoms with Gasteiger partial charge >= 0.3 is 0 Å². The molecule has 0 bridgehead atoms. The van der Waals surface area contributed by atoms with Crippen molar-refractivity contribution in [2.75, 3.05) is 13.1 Å². The highest BCUT2D eigenvalue weighted by Crippen LogP contribution is 2.02. The van der Waals surface area contributed by atoms with Crippen molar-refractivity contribution in [3.05, 3.63) is 11.8 Å². The number of aromatic nitrogens is 2. The molecule has 0 spiro atoms. The molecule has 0 aromatic carbocycles. The van der Waals surface area contributed by atoms with Gasteiger partial charge in [0.15, 0.2) is 0 Å². The van der Waals surface area contributed by atoms with Gasteiger partial charge < -0.3 is 9.73 Å². The Morgan fingerprint density at radius 3 is 2.57 bits per heavy atom. The molecule has 1 aromatic heterocycles. The first-order chi connectivity index (χ1) is 6.86. The third kappa shape index (κ3) is 3.87. The van der Waals surface area contributed by atoms with E-state index in [0.717, 1.165) is 44.1 Å². The lowest BCUT2D eigenvalue weighted by molar-refractivity contribution is 0.446. The van der Waals surface area contributed by atoms with E-state index < -0.39 is 0 Å². The lowest BCUT2D eigenvalue weighted by Crippen LogP contribution is -2.16. The van der Waals surface area contributed by atoms with E-state index in [4.69, 9.17) is 4.42 Å². The monoisotopic (exact) mass is 197 g/mol. The average molecular weight is 197 g/mol. The minimum absolute atomic E-state index is 0.738. The number of hydrogen-bond acceptors (Lipinski definition) is 4. The Labute approximate surface area is 85.1 Å². The third-order valence-electron chi connectivity index (χ3n) is 1.98. The van der Waals surface area contributed by atoms with Crippen molar-refractivity contribution < 1.29 is 4.42 Å². The molecule has 0 atom stereocenters. The van der Waals surface area contributed by atoms with Crippen LogP contribution in [0.4, 0.5) is 0 Å². The average Bonchev–Trinajstić information content (AvgIpc) is 2.65. The zero-order chi connectivity index (χ0) is 10.2. The van der Waals surface area contributed by atoms with Crippen molar-refractivity contribution in [2.24, 2.45) is 0 Å². The number of nitrogens with zero attached hydrogens (tertiary/aromatic N) is 2. The van der Waals surface area contributed by atoms with E-state index in [0.29, 0.717) is 0 Å². The Kier molecular flexibility index (Phi) is 5.22. The third-order valence-corrected chi connectivity index (χ3v) is 1.98. The zero-order valence-electron chi connectivity index (χ0n) is 9.05. The predicted molar refractivity (Wildman–Crippen MR) is 55.2 cm³/mol. The van der Waals surface area contributed by atoms with Gasteiger partial charge in [-0.2, -0.15) is 0 Å². The fraction of sp³-hybridized carbons (Fsp3) is 0.800. The molecule has 0 fully saturated rings. The molecule has 1 aromatic rings. The summed E-state index contributed by atoms with van der Waals surface area (Å²) in [5.74, 6) is 1.50. The lowest BCUT2D eigenvalue weighted by atomic mass is 10.3. The van der Waals surface area contributed by atoms with Gasteiger partial charge in [0.05, 0.1) is 0 Å². The molecule has 1 rings (SSSR count). The largest absolute Gasteiger partial charge is 0.425 e. The van der Waals surface area contributed by atoms with Crippen molar-refractivity contribution in [1.82, 2.24) is 15.5 Å². The molecule has 0 unspecified atom stereocenters. The summed E-state index contributed by atoms with van der Waals surface area (Å²) in [7, 11) is 0. The molecule has 4 nitrogen and oxygen atoms in total. The van der Waals surface area contributed by atoms with E-state index in [-0.39, 0.29) is 0 Å². The Hall–Kier alpha value is -0.900. The van der Waals surface area contributed by atoms with Crippen molar-refractivity contribution in [3.8, 4) is 0 Å². The summed E-state index contributed by atoms with van der Waals surface area (Å²) < 4.78 is 5.39. The van der Waals surface area contributed by atoms with Crippen LogP contribution in [-0.2, 0) is 12.8 Å². The zero-order valence-corrected chi connectivity index (χ0v) is 9.05. The SMILES string of the molecule is CCCNCCCc1nnc(CC)o1. The quantitative estimate of drug-likeness (QED) is 0.674. The lowest BCUT2D eigenvalue weighted by Gasteiger charge is -1.99. The van der Waals surface area contributed by atoms with Gasteiger partial charge in [-0.05, 0) is 25.9 Å². The molecule has 14 heavy (non-hydrogen) atoms. The van der Waals surface area contributed by atoms with Crippen LogP contribution in [0, 0.1) is 0 Å². The predicted octanol–water partition coefficient (Wildman–Crippen LogP) is 1.56. The van der Waals surface area contributed by atoms with E-state index >= 15 is 0 Å². The number of aryl methyl sites for hydroxylation is 2. The van der Waals surface area contributed by atoms with E-state index in [9.17, 15) is 0 Å². The van der Waals surface area contributed by atoms with Crippen LogP contribution >= 0.6 is 0 Å². The topological polar surface area (TPSA) is 51.0 Å². The summed E-state index contributed by atoms with van der Waals surface area (Å²) in [6, 6.07) is 0. The first-order valence-electron chi connectivity index (χ1n) is 5.38. The molecular weight excluding hydrogens is 178 g/mol. The summed E-state index contributed by atoms with van der Waals surface area (Å²) >= 11 is 0. The summed E-state index contributed by atoms with van der Waals surface area (Å²) in [4.78, 5) is 0. The highest BCUT2D eigenvalue weighted by molar-refractivity contribution is 4.81. The summed E-state index contributed by atoms with van der Waals surface area (Å²) in [5.41, 5.74) is 0. The molecule has 1 N–H and O–H groups in total. The summed E-state index contributed by atoms with van der Waals surface area (Å²) in [6.45, 7) is 6.29. The molecule has 80 valence electrons. The highest BCUT2D eigenvalue weighted by atomic mass is 16.4. The minimum atomic E-state index is 0.738. The van der Waals surface area contributed by atoms with Gasteiger partial charge in [-0.25, -0.2) is 0 Å². The summed E-state index contributed by atoms with van der Waals surface area (Å²) in [5, 5.41) is 11.2. The van der Waals surface area contributed by atoms with Crippen molar-refractivity contribution in [3.63, 3.8) is 0 Å². The molecule has 0 amide bonds. The molecule has 4 heteroatoms. The molecular formula is C10H19N3O. The molecule has 0 aliphatic rings. The van der Waals surface area contributed by atoms with Crippen molar-refractivity contribution >= 4 is 0 Å². The van der Waals surface area contributed by atoms with Crippen LogP contribution in [0.3, 0.4) is 0 Å². The van der Waals surface area contributed by atoms with Crippen LogP contribution < -0.4 is 5.32 Å². The highest BCUT2D eigenvalue weighted by Gasteiger charge is 2.02. The molecule has 0 aliphatic carbocycles. The van der Waals surface area contributed by atoms with Crippen LogP contribution in [0.15, 0.2) is 4.42 Å². The van der Waals surface area contributed by atoms with Gasteiger partial charge in [0.1, 0.15) is 0 Å². The van der Waals surface area contributed by atoms with Crippen molar-refractivity contribution in [1.29, 1.82) is 0 Å². The van der Waals surface area contributed by atoms with Crippen LogP contribution in [0.1, 0.15) is 38.5 Å². The maximum atomic E-state index is 5.39. The van der Waals surface area contributed by atoms with Gasteiger partial charge in [-0.1, -0.05) is 13.8 Å². The van der Waals surface area contributed by atoms with Crippen LogP contribution in [0.2, 0.25) is 0 Å². The molecule has 0 aliphatic heterocycles. The second kappa shape index (κ2) is 6.54. The first-order valence-corrected chi connectivity index (χ1v) is 5.38. The van der Waals surface area contributed by atoms with Gasteiger partial charge in [0.25, 0.3) is 0 Å². The number of rotatable bonds is 7. The molecule has 0 saturated carbocycles. The van der Waals surface area contributed by atoms with E-state index in [1.54, 1.807) is 0 Å². The molecule has 0 radical (unpaired) electrons. The van der Waals surface area contributed by atoms with E-state index in [1.807, 2.05) is 6.92 Å². The van der Waals surface area contributed by atoms with Crippen LogP contribution in [-0.4, -0.2) is 23.3 Å². The Morgan fingerprint density at radius 2 is 1.93 bits per heavy atom. The van der Waals surface area contributed by atoms with E-state index in [1.165, 1.54) is 6.42 Å². The van der Waals surface area contributed by atoms with Crippen LogP contribution in [0.25, 0.3) is 0 Å². The van der Waals surface area contributed by atoms with Gasteiger partial charge in [0, 0.05) is 12.8 Å². The second-order valence-electron chi connectivity index (χ2n) is 3.30. The standard InChI is InChI=1S/C10H19N3O/c1-3-7-11-8-5-6-10-13-12-9(4-2)14-10/h11H,3-8H2,1-2H3. The summed E-state index contributed by atoms with van der Waals surface area (Å²) in [6.07, 6.45) is 3.94. The Bertz CT molecular complexity index is 247. The van der Waals surface area contributed by atoms with Gasteiger partial charge in [0.2, 0.25) is 11.8 Å². The maximum absolute atomic E-state index is 5.39. The molecule has 0 saturated heterocycles. The smallest absolute Gasteiger partial charge is 0.216 e.